The highest BCUT2D eigenvalue weighted by atomic mass is 16.5. The molecular weight excluding hydrogens is 236 g/mol. The predicted molar refractivity (Wildman–Crippen MR) is 77.8 cm³/mol. The first-order valence-electron chi connectivity index (χ1n) is 7.29. The Morgan fingerprint density at radius 1 is 1.26 bits per heavy atom. The van der Waals surface area contributed by atoms with E-state index in [1.54, 1.807) is 0 Å². The number of nitrogens with one attached hydrogen (secondary N) is 1. The van der Waals surface area contributed by atoms with E-state index in [2.05, 4.69) is 43.2 Å². The van der Waals surface area contributed by atoms with Crippen LogP contribution in [0.4, 0.5) is 0 Å². The molecule has 0 spiro atoms. The second-order valence-electron chi connectivity index (χ2n) is 6.64. The van der Waals surface area contributed by atoms with Crippen LogP contribution in [0.15, 0.2) is 18.2 Å². The SMILES string of the molecule is CC(C)(C)CCOCc1cccc(CNC2CC2)n1. The molecule has 1 heterocycles. The van der Waals surface area contributed by atoms with Gasteiger partial charge in [-0.25, -0.2) is 0 Å². The van der Waals surface area contributed by atoms with Crippen LogP contribution < -0.4 is 5.32 Å². The van der Waals surface area contributed by atoms with Gasteiger partial charge in [-0.1, -0.05) is 26.8 Å². The summed E-state index contributed by atoms with van der Waals surface area (Å²) in [6, 6.07) is 6.92. The van der Waals surface area contributed by atoms with Gasteiger partial charge in [0.15, 0.2) is 0 Å². The van der Waals surface area contributed by atoms with E-state index in [0.29, 0.717) is 12.0 Å². The van der Waals surface area contributed by atoms with Crippen molar-refractivity contribution in [1.29, 1.82) is 0 Å². The smallest absolute Gasteiger partial charge is 0.0887 e. The van der Waals surface area contributed by atoms with E-state index in [0.717, 1.165) is 37.0 Å². The number of aromatic nitrogens is 1. The van der Waals surface area contributed by atoms with Gasteiger partial charge in [0, 0.05) is 19.2 Å². The first-order chi connectivity index (χ1) is 9.03. The summed E-state index contributed by atoms with van der Waals surface area (Å²) < 4.78 is 5.71. The van der Waals surface area contributed by atoms with Crippen LogP contribution in [0, 0.1) is 5.41 Å². The number of pyridine rings is 1. The molecule has 2 rings (SSSR count). The summed E-state index contributed by atoms with van der Waals surface area (Å²) in [5, 5.41) is 3.48. The average molecular weight is 262 g/mol. The van der Waals surface area contributed by atoms with Crippen molar-refractivity contribution < 1.29 is 4.74 Å². The van der Waals surface area contributed by atoms with E-state index in [9.17, 15) is 0 Å². The van der Waals surface area contributed by atoms with E-state index < -0.39 is 0 Å². The Bertz CT molecular complexity index is 394. The van der Waals surface area contributed by atoms with Crippen molar-refractivity contribution in [3.63, 3.8) is 0 Å². The monoisotopic (exact) mass is 262 g/mol. The number of rotatable bonds is 7. The van der Waals surface area contributed by atoms with Crippen LogP contribution in [0.5, 0.6) is 0 Å². The Labute approximate surface area is 116 Å². The lowest BCUT2D eigenvalue weighted by Crippen LogP contribution is -2.16. The Hall–Kier alpha value is -0.930. The van der Waals surface area contributed by atoms with Crippen molar-refractivity contribution >= 4 is 0 Å². The van der Waals surface area contributed by atoms with Gasteiger partial charge < -0.3 is 10.1 Å². The van der Waals surface area contributed by atoms with E-state index >= 15 is 0 Å². The van der Waals surface area contributed by atoms with Gasteiger partial charge in [0.1, 0.15) is 0 Å². The van der Waals surface area contributed by atoms with Gasteiger partial charge in [0.05, 0.1) is 18.0 Å². The topological polar surface area (TPSA) is 34.1 Å². The molecule has 1 fully saturated rings. The third-order valence-corrected chi connectivity index (χ3v) is 3.26. The highest BCUT2D eigenvalue weighted by Crippen LogP contribution is 2.19. The molecule has 0 radical (unpaired) electrons. The second kappa shape index (κ2) is 6.49. The van der Waals surface area contributed by atoms with Crippen LogP contribution in [0.2, 0.25) is 0 Å². The first-order valence-corrected chi connectivity index (χ1v) is 7.29. The Morgan fingerprint density at radius 2 is 2.00 bits per heavy atom. The first kappa shape index (κ1) is 14.5. The molecular formula is C16H26N2O. The molecule has 0 unspecified atom stereocenters. The van der Waals surface area contributed by atoms with Crippen LogP contribution in [-0.4, -0.2) is 17.6 Å². The fraction of sp³-hybridized carbons (Fsp3) is 0.688. The summed E-state index contributed by atoms with van der Waals surface area (Å²) in [7, 11) is 0. The summed E-state index contributed by atoms with van der Waals surface area (Å²) >= 11 is 0. The van der Waals surface area contributed by atoms with Crippen molar-refractivity contribution in [2.24, 2.45) is 5.41 Å². The molecule has 0 atom stereocenters. The zero-order valence-electron chi connectivity index (χ0n) is 12.4. The van der Waals surface area contributed by atoms with Crippen LogP contribution in [-0.2, 0) is 17.9 Å². The zero-order chi connectivity index (χ0) is 13.7. The minimum Gasteiger partial charge on any atom is -0.375 e. The third kappa shape index (κ3) is 6.17. The molecule has 0 amide bonds. The van der Waals surface area contributed by atoms with Crippen molar-refractivity contribution in [1.82, 2.24) is 10.3 Å². The van der Waals surface area contributed by atoms with Gasteiger partial charge in [-0.2, -0.15) is 0 Å². The largest absolute Gasteiger partial charge is 0.375 e. The molecule has 1 aliphatic rings. The molecule has 0 aromatic carbocycles. The minimum atomic E-state index is 0.337. The third-order valence-electron chi connectivity index (χ3n) is 3.26. The quantitative estimate of drug-likeness (QED) is 0.766. The molecule has 0 bridgehead atoms. The van der Waals surface area contributed by atoms with Gasteiger partial charge in [0.2, 0.25) is 0 Å². The summed E-state index contributed by atoms with van der Waals surface area (Å²) in [5.74, 6) is 0. The highest BCUT2D eigenvalue weighted by Gasteiger charge is 2.20. The van der Waals surface area contributed by atoms with Crippen LogP contribution in [0.1, 0.15) is 51.4 Å². The molecule has 1 saturated carbocycles. The molecule has 3 nitrogen and oxygen atoms in total. The van der Waals surface area contributed by atoms with Crippen molar-refractivity contribution in [3.8, 4) is 0 Å². The Kier molecular flexibility index (Phi) is 4.94. The molecule has 1 aromatic rings. The van der Waals surface area contributed by atoms with E-state index in [-0.39, 0.29) is 0 Å². The van der Waals surface area contributed by atoms with Crippen LogP contribution >= 0.6 is 0 Å². The standard InChI is InChI=1S/C16H26N2O/c1-16(2,3)9-10-19-12-15-6-4-5-14(18-15)11-17-13-7-8-13/h4-6,13,17H,7-12H2,1-3H3. The fourth-order valence-electron chi connectivity index (χ4n) is 1.80. The molecule has 19 heavy (non-hydrogen) atoms. The Balaban J connectivity index is 1.71. The van der Waals surface area contributed by atoms with Gasteiger partial charge >= 0.3 is 0 Å². The van der Waals surface area contributed by atoms with Gasteiger partial charge in [-0.05, 0) is 36.8 Å². The van der Waals surface area contributed by atoms with E-state index in [4.69, 9.17) is 4.74 Å². The number of nitrogens with zero attached hydrogens (tertiary/aromatic N) is 1. The number of hydrogen-bond donors (Lipinski definition) is 1. The number of hydrogen-bond acceptors (Lipinski definition) is 3. The van der Waals surface area contributed by atoms with Crippen LogP contribution in [0.3, 0.4) is 0 Å². The van der Waals surface area contributed by atoms with Gasteiger partial charge in [0.25, 0.3) is 0 Å². The molecule has 1 aliphatic carbocycles. The van der Waals surface area contributed by atoms with E-state index in [1.807, 2.05) is 6.07 Å². The number of ether oxygens (including phenoxy) is 1. The minimum absolute atomic E-state index is 0.337. The molecule has 0 aliphatic heterocycles. The molecule has 1 aromatic heterocycles. The van der Waals surface area contributed by atoms with E-state index in [1.165, 1.54) is 12.8 Å². The molecule has 1 N–H and O–H groups in total. The summed E-state index contributed by atoms with van der Waals surface area (Å²) in [6.45, 7) is 9.00. The fourth-order valence-corrected chi connectivity index (χ4v) is 1.80. The van der Waals surface area contributed by atoms with Crippen molar-refractivity contribution in [3.05, 3.63) is 29.6 Å². The lowest BCUT2D eigenvalue weighted by Gasteiger charge is -2.17. The second-order valence-corrected chi connectivity index (χ2v) is 6.64. The van der Waals surface area contributed by atoms with Gasteiger partial charge in [-0.15, -0.1) is 0 Å². The molecule has 106 valence electrons. The van der Waals surface area contributed by atoms with Crippen molar-refractivity contribution in [2.45, 2.75) is 59.2 Å². The summed E-state index contributed by atoms with van der Waals surface area (Å²) in [5.41, 5.74) is 2.48. The Morgan fingerprint density at radius 3 is 2.68 bits per heavy atom. The summed E-state index contributed by atoms with van der Waals surface area (Å²) in [6.07, 6.45) is 3.71. The summed E-state index contributed by atoms with van der Waals surface area (Å²) in [4.78, 5) is 4.62. The predicted octanol–water partition coefficient (Wildman–Crippen LogP) is 3.29. The maximum absolute atomic E-state index is 5.71. The maximum atomic E-state index is 5.71. The average Bonchev–Trinajstić information content (AvgIpc) is 3.16. The highest BCUT2D eigenvalue weighted by molar-refractivity contribution is 5.10. The normalized spacial score (nSPS) is 15.7. The maximum Gasteiger partial charge on any atom is 0.0887 e. The molecule has 0 saturated heterocycles. The zero-order valence-corrected chi connectivity index (χ0v) is 12.4. The lowest BCUT2D eigenvalue weighted by molar-refractivity contribution is 0.0940. The van der Waals surface area contributed by atoms with Crippen molar-refractivity contribution in [2.75, 3.05) is 6.61 Å². The van der Waals surface area contributed by atoms with Crippen LogP contribution in [0.25, 0.3) is 0 Å². The lowest BCUT2D eigenvalue weighted by atomic mass is 9.93. The molecule has 3 heteroatoms. The van der Waals surface area contributed by atoms with Gasteiger partial charge in [-0.3, -0.25) is 4.98 Å².